The van der Waals surface area contributed by atoms with Crippen LogP contribution in [-0.2, 0) is 6.42 Å². The number of benzene rings is 2. The van der Waals surface area contributed by atoms with E-state index in [0.29, 0.717) is 5.92 Å². The van der Waals surface area contributed by atoms with Crippen LogP contribution in [0.25, 0.3) is 10.9 Å². The Morgan fingerprint density at radius 3 is 2.77 bits per heavy atom. The predicted octanol–water partition coefficient (Wildman–Crippen LogP) is 4.98. The Hall–Kier alpha value is -2.35. The Balaban J connectivity index is 1.76. The molecule has 0 radical (unpaired) electrons. The fourth-order valence-electron chi connectivity index (χ4n) is 2.86. The third kappa shape index (κ3) is 3.11. The Labute approximate surface area is 131 Å². The molecule has 0 aliphatic carbocycles. The molecule has 0 unspecified atom stereocenters. The van der Waals surface area contributed by atoms with Gasteiger partial charge in [-0.05, 0) is 54.2 Å². The van der Waals surface area contributed by atoms with Crippen molar-refractivity contribution >= 4 is 10.9 Å². The van der Waals surface area contributed by atoms with Crippen LogP contribution in [0, 0.1) is 0 Å². The maximum absolute atomic E-state index is 5.32. The van der Waals surface area contributed by atoms with Crippen LogP contribution in [0.5, 0.6) is 5.75 Å². The summed E-state index contributed by atoms with van der Waals surface area (Å²) in [4.78, 5) is 4.43. The molecular formula is C20H21NO. The fraction of sp³-hybridized carbons (Fsp3) is 0.250. The molecule has 2 nitrogen and oxygen atoms in total. The number of hydrogen-bond acceptors (Lipinski definition) is 2. The number of aromatic nitrogens is 1. The molecule has 112 valence electrons. The molecular weight excluding hydrogens is 270 g/mol. The van der Waals surface area contributed by atoms with Gasteiger partial charge in [0, 0.05) is 11.6 Å². The van der Waals surface area contributed by atoms with Crippen LogP contribution in [-0.4, -0.2) is 12.1 Å². The van der Waals surface area contributed by atoms with Gasteiger partial charge in [-0.15, -0.1) is 0 Å². The maximum Gasteiger partial charge on any atom is 0.119 e. The number of methoxy groups -OCH3 is 1. The molecule has 1 atom stereocenters. The van der Waals surface area contributed by atoms with Gasteiger partial charge in [0.15, 0.2) is 0 Å². The normalized spacial score (nSPS) is 12.3. The molecule has 0 fully saturated rings. The topological polar surface area (TPSA) is 22.1 Å². The smallest absolute Gasteiger partial charge is 0.119 e. The number of rotatable bonds is 5. The average Bonchev–Trinajstić information content (AvgIpc) is 2.59. The van der Waals surface area contributed by atoms with Crippen molar-refractivity contribution in [3.05, 3.63) is 71.9 Å². The lowest BCUT2D eigenvalue weighted by atomic mass is 9.93. The summed E-state index contributed by atoms with van der Waals surface area (Å²) in [6.07, 6.45) is 4.08. The minimum atomic E-state index is 0.502. The van der Waals surface area contributed by atoms with Crippen molar-refractivity contribution in [2.75, 3.05) is 7.11 Å². The van der Waals surface area contributed by atoms with Crippen molar-refractivity contribution in [1.29, 1.82) is 0 Å². The summed E-state index contributed by atoms with van der Waals surface area (Å²) in [5, 5.41) is 1.27. The third-order valence-corrected chi connectivity index (χ3v) is 4.25. The molecule has 1 aromatic heterocycles. The average molecular weight is 291 g/mol. The predicted molar refractivity (Wildman–Crippen MR) is 91.5 cm³/mol. The van der Waals surface area contributed by atoms with Gasteiger partial charge in [0.25, 0.3) is 0 Å². The van der Waals surface area contributed by atoms with Gasteiger partial charge < -0.3 is 4.74 Å². The molecule has 22 heavy (non-hydrogen) atoms. The van der Waals surface area contributed by atoms with Gasteiger partial charge in [-0.3, -0.25) is 4.98 Å². The number of aryl methyl sites for hydroxylation is 1. The molecule has 2 aromatic carbocycles. The Morgan fingerprint density at radius 2 is 1.91 bits per heavy atom. The Bertz CT molecular complexity index is 761. The van der Waals surface area contributed by atoms with E-state index < -0.39 is 0 Å². The van der Waals surface area contributed by atoms with E-state index in [-0.39, 0.29) is 0 Å². The van der Waals surface area contributed by atoms with Crippen LogP contribution in [0.15, 0.2) is 60.8 Å². The molecule has 3 rings (SSSR count). The lowest BCUT2D eigenvalue weighted by Gasteiger charge is -2.14. The summed E-state index contributed by atoms with van der Waals surface area (Å²) in [7, 11) is 1.72. The summed E-state index contributed by atoms with van der Waals surface area (Å²) in [5.41, 5.74) is 3.78. The Kier molecular flexibility index (Phi) is 4.38. The van der Waals surface area contributed by atoms with E-state index in [2.05, 4.69) is 54.4 Å². The zero-order valence-electron chi connectivity index (χ0n) is 13.1. The highest BCUT2D eigenvalue weighted by Gasteiger charge is 2.08. The largest absolute Gasteiger partial charge is 0.497 e. The van der Waals surface area contributed by atoms with Crippen molar-refractivity contribution in [3.63, 3.8) is 0 Å². The van der Waals surface area contributed by atoms with E-state index in [1.807, 2.05) is 18.3 Å². The zero-order chi connectivity index (χ0) is 15.4. The van der Waals surface area contributed by atoms with Crippen LogP contribution in [0.3, 0.4) is 0 Å². The first-order chi connectivity index (χ1) is 10.8. The maximum atomic E-state index is 5.32. The number of para-hydroxylation sites is 1. The molecule has 0 aliphatic heterocycles. The van der Waals surface area contributed by atoms with Crippen LogP contribution in [0.2, 0.25) is 0 Å². The minimum Gasteiger partial charge on any atom is -0.497 e. The molecule has 0 saturated heterocycles. The molecule has 1 heterocycles. The van der Waals surface area contributed by atoms with E-state index in [9.17, 15) is 0 Å². The molecule has 0 N–H and O–H groups in total. The number of fused-ring (bicyclic) bond motifs is 1. The molecule has 0 amide bonds. The summed E-state index contributed by atoms with van der Waals surface area (Å²) < 4.78 is 5.32. The highest BCUT2D eigenvalue weighted by Crippen LogP contribution is 2.26. The third-order valence-electron chi connectivity index (χ3n) is 4.25. The lowest BCUT2D eigenvalue weighted by Crippen LogP contribution is -1.98. The van der Waals surface area contributed by atoms with Crippen LogP contribution in [0.1, 0.15) is 30.4 Å². The molecule has 0 spiro atoms. The molecule has 0 bridgehead atoms. The summed E-state index contributed by atoms with van der Waals surface area (Å²) in [6, 6.07) is 18.9. The van der Waals surface area contributed by atoms with Gasteiger partial charge in [-0.1, -0.05) is 37.3 Å². The van der Waals surface area contributed by atoms with Crippen molar-refractivity contribution < 1.29 is 4.74 Å². The van der Waals surface area contributed by atoms with E-state index in [0.717, 1.165) is 24.1 Å². The summed E-state index contributed by atoms with van der Waals surface area (Å²) >= 11 is 0. The molecule has 3 aromatic rings. The summed E-state index contributed by atoms with van der Waals surface area (Å²) in [6.45, 7) is 2.28. The van der Waals surface area contributed by atoms with Gasteiger partial charge >= 0.3 is 0 Å². The quantitative estimate of drug-likeness (QED) is 0.661. The van der Waals surface area contributed by atoms with Gasteiger partial charge in [-0.2, -0.15) is 0 Å². The van der Waals surface area contributed by atoms with Crippen molar-refractivity contribution in [3.8, 4) is 5.75 Å². The van der Waals surface area contributed by atoms with Crippen LogP contribution in [0.4, 0.5) is 0 Å². The first-order valence-corrected chi connectivity index (χ1v) is 7.74. The highest BCUT2D eigenvalue weighted by molar-refractivity contribution is 5.81. The lowest BCUT2D eigenvalue weighted by molar-refractivity contribution is 0.413. The number of ether oxygens (including phenoxy) is 1. The molecule has 2 heteroatoms. The van der Waals surface area contributed by atoms with Gasteiger partial charge in [-0.25, -0.2) is 0 Å². The number of hydrogen-bond donors (Lipinski definition) is 0. The second-order valence-corrected chi connectivity index (χ2v) is 5.70. The van der Waals surface area contributed by atoms with E-state index >= 15 is 0 Å². The Morgan fingerprint density at radius 1 is 1.05 bits per heavy atom. The van der Waals surface area contributed by atoms with Crippen LogP contribution >= 0.6 is 0 Å². The first-order valence-electron chi connectivity index (χ1n) is 7.74. The van der Waals surface area contributed by atoms with Crippen molar-refractivity contribution in [2.45, 2.75) is 25.7 Å². The van der Waals surface area contributed by atoms with E-state index in [1.54, 1.807) is 7.11 Å². The first kappa shape index (κ1) is 14.6. The van der Waals surface area contributed by atoms with E-state index in [4.69, 9.17) is 4.74 Å². The van der Waals surface area contributed by atoms with Gasteiger partial charge in [0.1, 0.15) is 5.75 Å². The molecule has 0 aliphatic rings. The van der Waals surface area contributed by atoms with Crippen molar-refractivity contribution in [2.24, 2.45) is 0 Å². The second kappa shape index (κ2) is 6.61. The summed E-state index contributed by atoms with van der Waals surface area (Å²) in [5.74, 6) is 1.43. The molecule has 0 saturated carbocycles. The van der Waals surface area contributed by atoms with E-state index in [1.165, 1.54) is 16.5 Å². The van der Waals surface area contributed by atoms with Crippen LogP contribution < -0.4 is 4.74 Å². The van der Waals surface area contributed by atoms with Gasteiger partial charge in [0.2, 0.25) is 0 Å². The highest BCUT2D eigenvalue weighted by atomic mass is 16.5. The van der Waals surface area contributed by atoms with Crippen molar-refractivity contribution in [1.82, 2.24) is 4.98 Å². The number of pyridine rings is 1. The SMILES string of the molecule is COc1cccc([C@@H](C)CCc2ccnc3ccccc23)c1. The monoisotopic (exact) mass is 291 g/mol. The standard InChI is InChI=1S/C20H21NO/c1-15(17-6-5-7-18(14-17)22-2)10-11-16-12-13-21-20-9-4-3-8-19(16)20/h3-9,12-15H,10-11H2,1-2H3/t15-/m0/s1. The fourth-order valence-corrected chi connectivity index (χ4v) is 2.86. The number of nitrogens with zero attached hydrogens (tertiary/aromatic N) is 1. The zero-order valence-corrected chi connectivity index (χ0v) is 13.1. The van der Waals surface area contributed by atoms with Gasteiger partial charge in [0.05, 0.1) is 12.6 Å². The minimum absolute atomic E-state index is 0.502. The second-order valence-electron chi connectivity index (χ2n) is 5.70.